The lowest BCUT2D eigenvalue weighted by atomic mass is 9.78. The Hall–Kier alpha value is -0.580. The van der Waals surface area contributed by atoms with Crippen LogP contribution in [0.5, 0.6) is 5.75 Å². The first-order valence-electron chi connectivity index (χ1n) is 7.32. The molecule has 3 rings (SSSR count). The lowest BCUT2D eigenvalue weighted by Gasteiger charge is -2.47. The van der Waals surface area contributed by atoms with Crippen molar-refractivity contribution in [1.82, 2.24) is 5.32 Å². The highest BCUT2D eigenvalue weighted by molar-refractivity contribution is 9.10. The SMILES string of the molecule is CNC1CC2(CC(C)OC(C)C2)Oc2ccc(Br)cc21. The molecule has 2 heterocycles. The zero-order valence-corrected chi connectivity index (χ0v) is 13.9. The van der Waals surface area contributed by atoms with Crippen molar-refractivity contribution < 1.29 is 9.47 Å². The van der Waals surface area contributed by atoms with E-state index in [9.17, 15) is 0 Å². The molecular weight excluding hydrogens is 318 g/mol. The van der Waals surface area contributed by atoms with Crippen molar-refractivity contribution in [2.75, 3.05) is 7.05 Å². The van der Waals surface area contributed by atoms with Crippen LogP contribution in [0, 0.1) is 0 Å². The normalized spacial score (nSPS) is 36.5. The molecule has 2 aliphatic rings. The summed E-state index contributed by atoms with van der Waals surface area (Å²) in [6, 6.07) is 6.63. The number of nitrogens with one attached hydrogen (secondary N) is 1. The molecule has 3 atom stereocenters. The van der Waals surface area contributed by atoms with E-state index in [1.807, 2.05) is 7.05 Å². The molecule has 1 aromatic carbocycles. The van der Waals surface area contributed by atoms with Gasteiger partial charge >= 0.3 is 0 Å². The van der Waals surface area contributed by atoms with Crippen LogP contribution in [0.1, 0.15) is 44.7 Å². The first kappa shape index (κ1) is 14.4. The average molecular weight is 340 g/mol. The third-order valence-electron chi connectivity index (χ3n) is 4.38. The summed E-state index contributed by atoms with van der Waals surface area (Å²) in [6.07, 6.45) is 3.45. The predicted molar refractivity (Wildman–Crippen MR) is 83.2 cm³/mol. The van der Waals surface area contributed by atoms with E-state index in [-0.39, 0.29) is 17.8 Å². The molecule has 3 unspecified atom stereocenters. The fourth-order valence-electron chi connectivity index (χ4n) is 3.77. The van der Waals surface area contributed by atoms with Gasteiger partial charge in [0.25, 0.3) is 0 Å². The molecule has 0 amide bonds. The molecule has 0 aromatic heterocycles. The minimum atomic E-state index is -0.0917. The fraction of sp³-hybridized carbons (Fsp3) is 0.625. The third-order valence-corrected chi connectivity index (χ3v) is 4.88. The Bertz CT molecular complexity index is 495. The number of hydrogen-bond donors (Lipinski definition) is 1. The van der Waals surface area contributed by atoms with Crippen LogP contribution >= 0.6 is 15.9 Å². The largest absolute Gasteiger partial charge is 0.487 e. The van der Waals surface area contributed by atoms with Crippen LogP contribution in [0.15, 0.2) is 22.7 Å². The van der Waals surface area contributed by atoms with Crippen LogP contribution in [-0.2, 0) is 4.74 Å². The van der Waals surface area contributed by atoms with Crippen LogP contribution in [0.4, 0.5) is 0 Å². The van der Waals surface area contributed by atoms with Gasteiger partial charge in [0.1, 0.15) is 11.4 Å². The lowest BCUT2D eigenvalue weighted by Crippen LogP contribution is -2.51. The third kappa shape index (κ3) is 2.61. The lowest BCUT2D eigenvalue weighted by molar-refractivity contribution is -0.130. The summed E-state index contributed by atoms with van der Waals surface area (Å²) in [5, 5.41) is 3.45. The minimum absolute atomic E-state index is 0.0917. The van der Waals surface area contributed by atoms with Crippen molar-refractivity contribution in [2.24, 2.45) is 0 Å². The number of fused-ring (bicyclic) bond motifs is 1. The second-order valence-electron chi connectivity index (χ2n) is 6.18. The summed E-state index contributed by atoms with van der Waals surface area (Å²) in [4.78, 5) is 0. The van der Waals surface area contributed by atoms with Gasteiger partial charge in [0.05, 0.1) is 12.2 Å². The maximum atomic E-state index is 6.45. The fourth-order valence-corrected chi connectivity index (χ4v) is 4.15. The summed E-state index contributed by atoms with van der Waals surface area (Å²) >= 11 is 3.55. The van der Waals surface area contributed by atoms with Crippen molar-refractivity contribution in [3.63, 3.8) is 0 Å². The van der Waals surface area contributed by atoms with Gasteiger partial charge < -0.3 is 14.8 Å². The van der Waals surface area contributed by atoms with Gasteiger partial charge in [-0.3, -0.25) is 0 Å². The molecule has 0 aliphatic carbocycles. The highest BCUT2D eigenvalue weighted by Gasteiger charge is 2.45. The van der Waals surface area contributed by atoms with Crippen molar-refractivity contribution in [2.45, 2.75) is 57.0 Å². The molecule has 1 N–H and O–H groups in total. The molecule has 110 valence electrons. The van der Waals surface area contributed by atoms with Gasteiger partial charge in [-0.25, -0.2) is 0 Å². The zero-order valence-electron chi connectivity index (χ0n) is 12.3. The molecule has 1 fully saturated rings. The van der Waals surface area contributed by atoms with E-state index < -0.39 is 0 Å². The first-order valence-corrected chi connectivity index (χ1v) is 8.12. The van der Waals surface area contributed by atoms with Crippen molar-refractivity contribution in [1.29, 1.82) is 0 Å². The predicted octanol–water partition coefficient (Wildman–Crippen LogP) is 3.82. The second-order valence-corrected chi connectivity index (χ2v) is 7.09. The van der Waals surface area contributed by atoms with E-state index in [1.165, 1.54) is 5.56 Å². The Morgan fingerprint density at radius 2 is 1.90 bits per heavy atom. The van der Waals surface area contributed by atoms with Crippen LogP contribution < -0.4 is 10.1 Å². The molecule has 2 aliphatic heterocycles. The number of ether oxygens (including phenoxy) is 2. The Morgan fingerprint density at radius 3 is 2.55 bits per heavy atom. The maximum absolute atomic E-state index is 6.45. The van der Waals surface area contributed by atoms with Gasteiger partial charge in [0.15, 0.2) is 0 Å². The van der Waals surface area contributed by atoms with E-state index in [0.29, 0.717) is 6.04 Å². The van der Waals surface area contributed by atoms with E-state index in [2.05, 4.69) is 53.3 Å². The zero-order chi connectivity index (χ0) is 14.3. The van der Waals surface area contributed by atoms with Crippen molar-refractivity contribution in [3.05, 3.63) is 28.2 Å². The van der Waals surface area contributed by atoms with E-state index >= 15 is 0 Å². The molecule has 4 heteroatoms. The van der Waals surface area contributed by atoms with Crippen LogP contribution in [-0.4, -0.2) is 24.9 Å². The second kappa shape index (κ2) is 5.32. The van der Waals surface area contributed by atoms with Crippen LogP contribution in [0.25, 0.3) is 0 Å². The van der Waals surface area contributed by atoms with Gasteiger partial charge in [0, 0.05) is 35.3 Å². The number of hydrogen-bond acceptors (Lipinski definition) is 3. The molecule has 1 saturated heterocycles. The highest BCUT2D eigenvalue weighted by atomic mass is 79.9. The van der Waals surface area contributed by atoms with Gasteiger partial charge in [-0.15, -0.1) is 0 Å². The monoisotopic (exact) mass is 339 g/mol. The standard InChI is InChI=1S/C16H22BrNO2/c1-10-7-16(8-11(2)19-10)9-14(18-3)13-6-12(17)4-5-15(13)20-16/h4-6,10-11,14,18H,7-9H2,1-3H3. The average Bonchev–Trinajstić information content (AvgIpc) is 2.37. The molecule has 20 heavy (non-hydrogen) atoms. The van der Waals surface area contributed by atoms with Gasteiger partial charge in [0.2, 0.25) is 0 Å². The Labute approximate surface area is 129 Å². The molecule has 3 nitrogen and oxygen atoms in total. The van der Waals surface area contributed by atoms with E-state index in [0.717, 1.165) is 29.5 Å². The van der Waals surface area contributed by atoms with Gasteiger partial charge in [-0.05, 0) is 39.1 Å². The van der Waals surface area contributed by atoms with E-state index in [1.54, 1.807) is 0 Å². The molecule has 0 radical (unpaired) electrons. The Kier molecular flexibility index (Phi) is 3.82. The van der Waals surface area contributed by atoms with Crippen LogP contribution in [0.3, 0.4) is 0 Å². The smallest absolute Gasteiger partial charge is 0.125 e. The molecule has 1 spiro atoms. The van der Waals surface area contributed by atoms with Crippen molar-refractivity contribution >= 4 is 15.9 Å². The molecule has 1 aromatic rings. The quantitative estimate of drug-likeness (QED) is 0.843. The number of halogens is 1. The summed E-state index contributed by atoms with van der Waals surface area (Å²) in [6.45, 7) is 4.29. The topological polar surface area (TPSA) is 30.5 Å². The molecule has 0 bridgehead atoms. The summed E-state index contributed by atoms with van der Waals surface area (Å²) in [7, 11) is 2.03. The summed E-state index contributed by atoms with van der Waals surface area (Å²) in [5.41, 5.74) is 1.16. The number of rotatable bonds is 1. The minimum Gasteiger partial charge on any atom is -0.487 e. The summed E-state index contributed by atoms with van der Waals surface area (Å²) < 4.78 is 13.4. The molecule has 0 saturated carbocycles. The molecular formula is C16H22BrNO2. The Morgan fingerprint density at radius 1 is 1.20 bits per heavy atom. The van der Waals surface area contributed by atoms with Gasteiger partial charge in [-0.2, -0.15) is 0 Å². The van der Waals surface area contributed by atoms with Crippen LogP contribution in [0.2, 0.25) is 0 Å². The highest BCUT2D eigenvalue weighted by Crippen LogP contribution is 2.46. The summed E-state index contributed by atoms with van der Waals surface area (Å²) in [5.74, 6) is 1.01. The number of benzene rings is 1. The van der Waals surface area contributed by atoms with Crippen molar-refractivity contribution in [3.8, 4) is 5.75 Å². The first-order chi connectivity index (χ1) is 9.51. The maximum Gasteiger partial charge on any atom is 0.125 e. The van der Waals surface area contributed by atoms with E-state index in [4.69, 9.17) is 9.47 Å². The Balaban J connectivity index is 1.96. The van der Waals surface area contributed by atoms with Gasteiger partial charge in [-0.1, -0.05) is 15.9 Å².